The summed E-state index contributed by atoms with van der Waals surface area (Å²) in [6.07, 6.45) is 0. The molecule has 0 fully saturated rings. The van der Waals surface area contributed by atoms with Crippen molar-refractivity contribution in [1.29, 1.82) is 0 Å². The molecule has 0 aliphatic rings. The van der Waals surface area contributed by atoms with E-state index in [4.69, 9.17) is 9.47 Å². The monoisotopic (exact) mass is 418 g/mol. The molecule has 0 aliphatic heterocycles. The van der Waals surface area contributed by atoms with E-state index in [1.54, 1.807) is 72.8 Å². The number of hydrogen-bond donors (Lipinski definition) is 0. The van der Waals surface area contributed by atoms with E-state index >= 15 is 0 Å². The van der Waals surface area contributed by atoms with Gasteiger partial charge >= 0.3 is 11.9 Å². The van der Waals surface area contributed by atoms with Gasteiger partial charge in [0, 0.05) is 11.1 Å². The molecule has 0 atom stereocenters. The van der Waals surface area contributed by atoms with Crippen LogP contribution in [0.4, 0.5) is 0 Å². The fraction of sp³-hybridized carbons (Fsp3) is 0. The third-order valence-corrected chi connectivity index (χ3v) is 4.50. The first-order chi connectivity index (χ1) is 15.7. The van der Waals surface area contributed by atoms with Gasteiger partial charge < -0.3 is 9.47 Å². The van der Waals surface area contributed by atoms with Crippen LogP contribution < -0.4 is 9.47 Å². The second-order valence-electron chi connectivity index (χ2n) is 6.81. The Kier molecular flexibility index (Phi) is 6.40. The zero-order valence-electron chi connectivity index (χ0n) is 17.0. The molecule has 0 aliphatic carbocycles. The third kappa shape index (κ3) is 5.50. The van der Waals surface area contributed by atoms with Gasteiger partial charge in [-0.25, -0.2) is 9.59 Å². The minimum absolute atomic E-state index is 0.333. The summed E-state index contributed by atoms with van der Waals surface area (Å²) in [5.74, 6) is 5.96. The number of carbonyl (C=O) groups excluding carboxylic acids is 2. The molecule has 0 saturated carbocycles. The van der Waals surface area contributed by atoms with Gasteiger partial charge in [0.25, 0.3) is 0 Å². The SMILES string of the molecule is O=C(Oc1ccc(C(=O)Oc2ccccc2)cc1)c1ccc(C#Cc2ccccc2)cc1. The van der Waals surface area contributed by atoms with Crippen LogP contribution in [0.25, 0.3) is 0 Å². The van der Waals surface area contributed by atoms with Crippen molar-refractivity contribution in [2.45, 2.75) is 0 Å². The van der Waals surface area contributed by atoms with Crippen molar-refractivity contribution in [3.63, 3.8) is 0 Å². The Labute approximate surface area is 186 Å². The number of para-hydroxylation sites is 1. The molecule has 0 spiro atoms. The van der Waals surface area contributed by atoms with Crippen LogP contribution in [0.3, 0.4) is 0 Å². The average molecular weight is 418 g/mol. The Morgan fingerprint density at radius 2 is 0.875 bits per heavy atom. The van der Waals surface area contributed by atoms with Crippen molar-refractivity contribution in [3.8, 4) is 23.3 Å². The number of benzene rings is 4. The highest BCUT2D eigenvalue weighted by Crippen LogP contribution is 2.17. The summed E-state index contributed by atoms with van der Waals surface area (Å²) in [5, 5.41) is 0. The molecular weight excluding hydrogens is 400 g/mol. The zero-order valence-corrected chi connectivity index (χ0v) is 17.0. The first kappa shape index (κ1) is 20.6. The van der Waals surface area contributed by atoms with Gasteiger partial charge in [0.2, 0.25) is 0 Å². The van der Waals surface area contributed by atoms with E-state index < -0.39 is 11.9 Å². The number of rotatable bonds is 4. The van der Waals surface area contributed by atoms with E-state index in [0.29, 0.717) is 22.6 Å². The number of esters is 2. The number of hydrogen-bond acceptors (Lipinski definition) is 4. The normalized spacial score (nSPS) is 9.88. The Hall–Kier alpha value is -4.62. The van der Waals surface area contributed by atoms with Crippen molar-refractivity contribution in [3.05, 3.63) is 131 Å². The molecule has 4 aromatic carbocycles. The van der Waals surface area contributed by atoms with Crippen molar-refractivity contribution in [2.75, 3.05) is 0 Å². The molecule has 154 valence electrons. The highest BCUT2D eigenvalue weighted by atomic mass is 16.5. The van der Waals surface area contributed by atoms with Gasteiger partial charge in [0.15, 0.2) is 0 Å². The second kappa shape index (κ2) is 9.92. The molecular formula is C28H18O4. The topological polar surface area (TPSA) is 52.6 Å². The first-order valence-electron chi connectivity index (χ1n) is 9.94. The van der Waals surface area contributed by atoms with Gasteiger partial charge in [-0.2, -0.15) is 0 Å². The van der Waals surface area contributed by atoms with Crippen LogP contribution in [0.2, 0.25) is 0 Å². The van der Waals surface area contributed by atoms with Crippen LogP contribution >= 0.6 is 0 Å². The van der Waals surface area contributed by atoms with E-state index in [2.05, 4.69) is 11.8 Å². The largest absolute Gasteiger partial charge is 0.423 e. The van der Waals surface area contributed by atoms with Gasteiger partial charge in [-0.15, -0.1) is 0 Å². The van der Waals surface area contributed by atoms with E-state index in [0.717, 1.165) is 11.1 Å². The minimum Gasteiger partial charge on any atom is -0.423 e. The van der Waals surface area contributed by atoms with E-state index in [1.807, 2.05) is 36.4 Å². The Morgan fingerprint density at radius 3 is 1.41 bits per heavy atom. The summed E-state index contributed by atoms with van der Waals surface area (Å²) in [5.41, 5.74) is 2.48. The molecule has 4 rings (SSSR count). The Bertz CT molecular complexity index is 1260. The standard InChI is InChI=1S/C28H18O4/c29-27(23-15-13-22(14-16-23)12-11-21-7-3-1-4-8-21)32-26-19-17-24(18-20-26)28(30)31-25-9-5-2-6-10-25/h1-10,13-20H. The molecule has 0 radical (unpaired) electrons. The lowest BCUT2D eigenvalue weighted by molar-refractivity contribution is 0.0730. The molecule has 0 saturated heterocycles. The van der Waals surface area contributed by atoms with Gasteiger partial charge in [0.1, 0.15) is 11.5 Å². The Balaban J connectivity index is 1.36. The van der Waals surface area contributed by atoms with Crippen LogP contribution in [0.15, 0.2) is 109 Å². The third-order valence-electron chi connectivity index (χ3n) is 4.50. The fourth-order valence-corrected chi connectivity index (χ4v) is 2.83. The van der Waals surface area contributed by atoms with Crippen LogP contribution in [-0.4, -0.2) is 11.9 Å². The molecule has 0 aromatic heterocycles. The van der Waals surface area contributed by atoms with Gasteiger partial charge in [-0.3, -0.25) is 0 Å². The van der Waals surface area contributed by atoms with E-state index in [9.17, 15) is 9.59 Å². The van der Waals surface area contributed by atoms with E-state index in [-0.39, 0.29) is 0 Å². The summed E-state index contributed by atoms with van der Waals surface area (Å²) in [7, 11) is 0. The maximum atomic E-state index is 12.4. The molecule has 0 N–H and O–H groups in total. The summed E-state index contributed by atoms with van der Waals surface area (Å²) in [6.45, 7) is 0. The quantitative estimate of drug-likeness (QED) is 0.249. The highest BCUT2D eigenvalue weighted by molar-refractivity contribution is 5.92. The molecule has 0 heterocycles. The van der Waals surface area contributed by atoms with Gasteiger partial charge in [-0.1, -0.05) is 48.2 Å². The molecule has 4 nitrogen and oxygen atoms in total. The van der Waals surface area contributed by atoms with Crippen LogP contribution in [-0.2, 0) is 0 Å². The van der Waals surface area contributed by atoms with Crippen LogP contribution in [0.1, 0.15) is 31.8 Å². The van der Waals surface area contributed by atoms with Crippen molar-refractivity contribution < 1.29 is 19.1 Å². The smallest absolute Gasteiger partial charge is 0.343 e. The maximum absolute atomic E-state index is 12.4. The molecule has 4 aromatic rings. The lowest BCUT2D eigenvalue weighted by Crippen LogP contribution is -2.10. The first-order valence-corrected chi connectivity index (χ1v) is 9.94. The number of carbonyl (C=O) groups is 2. The molecule has 0 unspecified atom stereocenters. The Morgan fingerprint density at radius 1 is 0.469 bits per heavy atom. The van der Waals surface area contributed by atoms with Crippen LogP contribution in [0.5, 0.6) is 11.5 Å². The van der Waals surface area contributed by atoms with Crippen molar-refractivity contribution in [2.24, 2.45) is 0 Å². The minimum atomic E-state index is -0.493. The molecule has 0 bridgehead atoms. The predicted octanol–water partition coefficient (Wildman–Crippen LogP) is 5.52. The lowest BCUT2D eigenvalue weighted by atomic mass is 10.1. The van der Waals surface area contributed by atoms with Gasteiger partial charge in [0.05, 0.1) is 11.1 Å². The van der Waals surface area contributed by atoms with Crippen molar-refractivity contribution in [1.82, 2.24) is 0 Å². The highest BCUT2D eigenvalue weighted by Gasteiger charge is 2.11. The zero-order chi connectivity index (χ0) is 22.2. The fourth-order valence-electron chi connectivity index (χ4n) is 2.83. The molecule has 32 heavy (non-hydrogen) atoms. The average Bonchev–Trinajstić information content (AvgIpc) is 2.85. The summed E-state index contributed by atoms with van der Waals surface area (Å²) >= 11 is 0. The second-order valence-corrected chi connectivity index (χ2v) is 6.81. The molecule has 4 heteroatoms. The molecule has 0 amide bonds. The summed E-state index contributed by atoms with van der Waals surface area (Å²) < 4.78 is 10.7. The lowest BCUT2D eigenvalue weighted by Gasteiger charge is -2.06. The number of ether oxygens (including phenoxy) is 2. The van der Waals surface area contributed by atoms with Crippen molar-refractivity contribution >= 4 is 11.9 Å². The van der Waals surface area contributed by atoms with E-state index in [1.165, 1.54) is 0 Å². The summed E-state index contributed by atoms with van der Waals surface area (Å²) in [6, 6.07) is 31.6. The predicted molar refractivity (Wildman–Crippen MR) is 122 cm³/mol. The van der Waals surface area contributed by atoms with Crippen LogP contribution in [0, 0.1) is 11.8 Å². The maximum Gasteiger partial charge on any atom is 0.343 e. The van der Waals surface area contributed by atoms with Gasteiger partial charge in [-0.05, 0) is 72.8 Å². The summed E-state index contributed by atoms with van der Waals surface area (Å²) in [4.78, 5) is 24.6.